The first-order chi connectivity index (χ1) is 14.0. The molecule has 2 aromatic heterocycles. The van der Waals surface area contributed by atoms with Crippen molar-refractivity contribution in [1.82, 2.24) is 24.6 Å². The Hall–Kier alpha value is -2.29. The number of Topliss-reactive ketones (excluding diaryl/α,β-unsaturated/α-hetero) is 1. The van der Waals surface area contributed by atoms with Gasteiger partial charge in [-0.2, -0.15) is 4.37 Å². The van der Waals surface area contributed by atoms with Crippen LogP contribution in [0.5, 0.6) is 0 Å². The minimum absolute atomic E-state index is 0.00883. The Morgan fingerprint density at radius 2 is 2.17 bits per heavy atom. The summed E-state index contributed by atoms with van der Waals surface area (Å²) in [5.74, 6) is -2.79. The number of hydrogen-bond acceptors (Lipinski definition) is 11. The van der Waals surface area contributed by atoms with Crippen molar-refractivity contribution in [2.75, 3.05) is 11.5 Å². The van der Waals surface area contributed by atoms with E-state index in [0.29, 0.717) is 21.4 Å². The van der Waals surface area contributed by atoms with E-state index in [1.54, 1.807) is 0 Å². The highest BCUT2D eigenvalue weighted by Gasteiger charge is 2.54. The second-order valence-electron chi connectivity index (χ2n) is 5.82. The van der Waals surface area contributed by atoms with Crippen LogP contribution in [0.3, 0.4) is 0 Å². The number of carbonyl (C=O) groups is 4. The van der Waals surface area contributed by atoms with Gasteiger partial charge in [0.25, 0.3) is 17.6 Å². The lowest BCUT2D eigenvalue weighted by Crippen LogP contribution is -2.71. The zero-order valence-electron chi connectivity index (χ0n) is 14.3. The quantitative estimate of drug-likeness (QED) is 0.258. The third kappa shape index (κ3) is 3.80. The Morgan fingerprint density at radius 3 is 2.83 bits per heavy atom. The average molecular weight is 470 g/mol. The van der Waals surface area contributed by atoms with Gasteiger partial charge in [-0.15, -0.1) is 23.1 Å². The zero-order chi connectivity index (χ0) is 20.5. The third-order valence-electron chi connectivity index (χ3n) is 4.12. The molecular weight excluding hydrogens is 458 g/mol. The molecule has 2 amide bonds. The summed E-state index contributed by atoms with van der Waals surface area (Å²) in [6, 6.07) is -0.957. The van der Waals surface area contributed by atoms with Gasteiger partial charge in [0.1, 0.15) is 29.1 Å². The number of carboxylic acids is 1. The highest BCUT2D eigenvalue weighted by molar-refractivity contribution is 8.01. The van der Waals surface area contributed by atoms with Crippen LogP contribution in [0, 0.1) is 0 Å². The first kappa shape index (κ1) is 20.0. The van der Waals surface area contributed by atoms with Crippen molar-refractivity contribution in [3.8, 4) is 0 Å². The van der Waals surface area contributed by atoms with Crippen LogP contribution in [0.2, 0.25) is 0 Å². The van der Waals surface area contributed by atoms with Gasteiger partial charge in [-0.1, -0.05) is 11.8 Å². The SMILES string of the molecule is O=C(O)C1=C(CSc2ncns2)CS[C@H]2C(NC(=O)C(=O)c3cscn3)C(=O)N12. The van der Waals surface area contributed by atoms with E-state index in [1.165, 1.54) is 68.5 Å². The molecule has 14 heteroatoms. The number of β-lactam (4-membered cyclic amide) rings is 1. The Bertz CT molecular complexity index is 1010. The highest BCUT2D eigenvalue weighted by Crippen LogP contribution is 2.41. The Kier molecular flexibility index (Phi) is 5.67. The summed E-state index contributed by atoms with van der Waals surface area (Å²) in [7, 11) is 0. The number of rotatable bonds is 7. The van der Waals surface area contributed by atoms with E-state index >= 15 is 0 Å². The van der Waals surface area contributed by atoms with Crippen LogP contribution in [0.15, 0.2) is 32.8 Å². The number of aliphatic carboxylic acids is 1. The second kappa shape index (κ2) is 8.22. The monoisotopic (exact) mass is 469 g/mol. The molecule has 1 unspecified atom stereocenters. The number of nitrogens with zero attached hydrogens (tertiary/aromatic N) is 4. The highest BCUT2D eigenvalue weighted by atomic mass is 32.2. The van der Waals surface area contributed by atoms with Crippen LogP contribution in [-0.2, 0) is 14.4 Å². The molecule has 0 spiro atoms. The van der Waals surface area contributed by atoms with Crippen molar-refractivity contribution in [1.29, 1.82) is 0 Å². The summed E-state index contributed by atoms with van der Waals surface area (Å²) in [6.45, 7) is 0. The van der Waals surface area contributed by atoms with Crippen molar-refractivity contribution in [2.24, 2.45) is 0 Å². The smallest absolute Gasteiger partial charge is 0.352 e. The molecule has 1 fully saturated rings. The molecule has 0 aromatic carbocycles. The van der Waals surface area contributed by atoms with Crippen LogP contribution >= 0.6 is 46.4 Å². The number of hydrogen-bond donors (Lipinski definition) is 2. The van der Waals surface area contributed by atoms with Crippen molar-refractivity contribution in [3.63, 3.8) is 0 Å². The van der Waals surface area contributed by atoms with E-state index < -0.39 is 35.0 Å². The molecule has 4 rings (SSSR count). The summed E-state index contributed by atoms with van der Waals surface area (Å²) in [5, 5.41) is 12.9. The van der Waals surface area contributed by atoms with Gasteiger partial charge in [-0.25, -0.2) is 14.8 Å². The van der Waals surface area contributed by atoms with Crippen LogP contribution in [-0.4, -0.2) is 70.8 Å². The number of ketones is 1. The molecule has 2 N–H and O–H groups in total. The molecule has 2 aromatic rings. The van der Waals surface area contributed by atoms with Gasteiger partial charge in [-0.05, 0) is 17.1 Å². The summed E-state index contributed by atoms with van der Waals surface area (Å²) in [5.41, 5.74) is 1.95. The molecule has 0 radical (unpaired) electrons. The molecule has 10 nitrogen and oxygen atoms in total. The van der Waals surface area contributed by atoms with Crippen molar-refractivity contribution in [2.45, 2.75) is 15.8 Å². The maximum atomic E-state index is 12.6. The lowest BCUT2D eigenvalue weighted by Gasteiger charge is -2.49. The molecule has 0 saturated carbocycles. The fourth-order valence-corrected chi connectivity index (χ4v) is 6.28. The maximum Gasteiger partial charge on any atom is 0.352 e. The number of thioether (sulfide) groups is 2. The molecule has 0 aliphatic carbocycles. The number of amides is 2. The van der Waals surface area contributed by atoms with Gasteiger partial charge in [0, 0.05) is 16.9 Å². The summed E-state index contributed by atoms with van der Waals surface area (Å²) in [4.78, 5) is 57.6. The van der Waals surface area contributed by atoms with Crippen LogP contribution < -0.4 is 5.32 Å². The lowest BCUT2D eigenvalue weighted by atomic mass is 10.0. The van der Waals surface area contributed by atoms with Crippen molar-refractivity contribution < 1.29 is 24.3 Å². The summed E-state index contributed by atoms with van der Waals surface area (Å²) in [6.07, 6.45) is 1.42. The summed E-state index contributed by atoms with van der Waals surface area (Å²) < 4.78 is 4.60. The minimum atomic E-state index is -1.21. The normalized spacial score (nSPS) is 20.8. The van der Waals surface area contributed by atoms with Crippen LogP contribution in [0.1, 0.15) is 10.5 Å². The molecule has 29 heavy (non-hydrogen) atoms. The van der Waals surface area contributed by atoms with Crippen molar-refractivity contribution >= 4 is 70.0 Å². The predicted octanol–water partition coefficient (Wildman–Crippen LogP) is 0.708. The Labute approximate surface area is 180 Å². The zero-order valence-corrected chi connectivity index (χ0v) is 17.6. The fraction of sp³-hybridized carbons (Fsp3) is 0.267. The first-order valence-corrected chi connectivity index (χ1v) is 11.7. The molecule has 2 aliphatic rings. The first-order valence-electron chi connectivity index (χ1n) is 8.00. The second-order valence-corrected chi connectivity index (χ2v) is 9.64. The van der Waals surface area contributed by atoms with Gasteiger partial charge in [-0.3, -0.25) is 19.3 Å². The molecule has 2 atom stereocenters. The van der Waals surface area contributed by atoms with Gasteiger partial charge >= 0.3 is 5.97 Å². The number of carbonyl (C=O) groups excluding carboxylic acids is 3. The summed E-state index contributed by atoms with van der Waals surface area (Å²) >= 11 is 5.07. The predicted molar refractivity (Wildman–Crippen MR) is 107 cm³/mol. The molecule has 2 aliphatic heterocycles. The number of carboxylic acid groups (broad SMARTS) is 1. The topological polar surface area (TPSA) is 142 Å². The molecule has 4 heterocycles. The van der Waals surface area contributed by atoms with E-state index in [9.17, 15) is 24.3 Å². The van der Waals surface area contributed by atoms with Crippen LogP contribution in [0.4, 0.5) is 0 Å². The van der Waals surface area contributed by atoms with E-state index in [1.807, 2.05) is 0 Å². The molecule has 1 saturated heterocycles. The number of aromatic nitrogens is 3. The molecular formula is C15H11N5O5S4. The molecule has 0 bridgehead atoms. The molecule has 150 valence electrons. The van der Waals surface area contributed by atoms with Gasteiger partial charge in [0.05, 0.1) is 5.51 Å². The lowest BCUT2D eigenvalue weighted by molar-refractivity contribution is -0.150. The van der Waals surface area contributed by atoms with Gasteiger partial charge < -0.3 is 10.4 Å². The fourth-order valence-electron chi connectivity index (χ4n) is 2.82. The minimum Gasteiger partial charge on any atom is -0.477 e. The Morgan fingerprint density at radius 1 is 1.34 bits per heavy atom. The Balaban J connectivity index is 1.47. The van der Waals surface area contributed by atoms with Crippen LogP contribution in [0.25, 0.3) is 0 Å². The van der Waals surface area contributed by atoms with Gasteiger partial charge in [0.2, 0.25) is 0 Å². The largest absolute Gasteiger partial charge is 0.477 e. The van der Waals surface area contributed by atoms with E-state index in [2.05, 4.69) is 19.7 Å². The number of fused-ring (bicyclic) bond motifs is 1. The van der Waals surface area contributed by atoms with E-state index in [-0.39, 0.29) is 11.4 Å². The van der Waals surface area contributed by atoms with E-state index in [4.69, 9.17) is 0 Å². The number of thiazole rings is 1. The maximum absolute atomic E-state index is 12.6. The van der Waals surface area contributed by atoms with Crippen molar-refractivity contribution in [3.05, 3.63) is 34.2 Å². The standard InChI is InChI=1S/C15H11N5O5S4/c21-10(7-3-26-5-17-7)11(22)19-8-12(23)20-9(14(24)25)6(1-27-13(8)20)2-28-15-16-4-18-29-15/h3-5,8,13H,1-2H2,(H,19,22)(H,24,25)/t8?,13-/m0/s1. The van der Waals surface area contributed by atoms with Gasteiger partial charge in [0.15, 0.2) is 4.34 Å². The average Bonchev–Trinajstić information content (AvgIpc) is 3.42. The third-order valence-corrected chi connectivity index (χ3v) is 7.93. The van der Waals surface area contributed by atoms with E-state index in [0.717, 1.165) is 0 Å². The number of nitrogens with one attached hydrogen (secondary N) is 1.